The summed E-state index contributed by atoms with van der Waals surface area (Å²) < 4.78 is 0. The summed E-state index contributed by atoms with van der Waals surface area (Å²) in [5.41, 5.74) is 0. The first kappa shape index (κ1) is 14.8. The van der Waals surface area contributed by atoms with E-state index in [2.05, 4.69) is 22.5 Å². The molecule has 19 heavy (non-hydrogen) atoms. The molecule has 2 rings (SSSR count). The molecule has 2 saturated heterocycles. The van der Waals surface area contributed by atoms with Gasteiger partial charge in [-0.15, -0.1) is 0 Å². The van der Waals surface area contributed by atoms with Crippen LogP contribution >= 0.6 is 0 Å². The Bertz CT molecular complexity index is 271. The molecule has 2 atom stereocenters. The Morgan fingerprint density at radius 3 is 2.79 bits per heavy atom. The zero-order valence-corrected chi connectivity index (χ0v) is 12.3. The van der Waals surface area contributed by atoms with Crippen LogP contribution in [-0.4, -0.2) is 49.6 Å². The van der Waals surface area contributed by atoms with Crippen LogP contribution in [0.1, 0.15) is 45.4 Å². The quantitative estimate of drug-likeness (QED) is 0.764. The molecule has 2 fully saturated rings. The molecule has 2 aliphatic heterocycles. The minimum Gasteiger partial charge on any atom is -0.356 e. The van der Waals surface area contributed by atoms with E-state index in [-0.39, 0.29) is 5.91 Å². The summed E-state index contributed by atoms with van der Waals surface area (Å²) in [5.74, 6) is 0.767. The number of hydrogen-bond donors (Lipinski definition) is 2. The van der Waals surface area contributed by atoms with Gasteiger partial charge in [-0.05, 0) is 51.2 Å². The second kappa shape index (κ2) is 7.85. The third kappa shape index (κ3) is 5.49. The summed E-state index contributed by atoms with van der Waals surface area (Å²) in [5, 5.41) is 6.47. The Labute approximate surface area is 117 Å². The van der Waals surface area contributed by atoms with Crippen LogP contribution in [-0.2, 0) is 4.79 Å². The normalized spacial score (nSPS) is 26.3. The standard InChI is InChI=1S/C15H29N3O/c1-13(12-18-8-3-2-4-9-18)11-17-15(19)10-14-6-5-7-16-14/h13-14,16H,2-12H2,1H3,(H,17,19). The monoisotopic (exact) mass is 267 g/mol. The Kier molecular flexibility index (Phi) is 6.11. The summed E-state index contributed by atoms with van der Waals surface area (Å²) in [7, 11) is 0. The average Bonchev–Trinajstić information content (AvgIpc) is 2.90. The number of hydrogen-bond acceptors (Lipinski definition) is 3. The van der Waals surface area contributed by atoms with Gasteiger partial charge in [0.15, 0.2) is 0 Å². The van der Waals surface area contributed by atoms with Crippen molar-refractivity contribution in [3.8, 4) is 0 Å². The largest absolute Gasteiger partial charge is 0.356 e. The smallest absolute Gasteiger partial charge is 0.221 e. The summed E-state index contributed by atoms with van der Waals surface area (Å²) in [6, 6.07) is 0.414. The number of piperidine rings is 1. The lowest BCUT2D eigenvalue weighted by molar-refractivity contribution is -0.121. The molecular weight excluding hydrogens is 238 g/mol. The molecule has 2 unspecified atom stereocenters. The lowest BCUT2D eigenvalue weighted by Crippen LogP contribution is -2.39. The van der Waals surface area contributed by atoms with Gasteiger partial charge in [-0.2, -0.15) is 0 Å². The van der Waals surface area contributed by atoms with E-state index < -0.39 is 0 Å². The second-order valence-electron chi connectivity index (χ2n) is 6.27. The number of nitrogens with zero attached hydrogens (tertiary/aromatic N) is 1. The highest BCUT2D eigenvalue weighted by atomic mass is 16.1. The fourth-order valence-corrected chi connectivity index (χ4v) is 3.16. The van der Waals surface area contributed by atoms with Crippen molar-refractivity contribution in [1.29, 1.82) is 0 Å². The Morgan fingerprint density at radius 1 is 1.32 bits per heavy atom. The van der Waals surface area contributed by atoms with Gasteiger partial charge >= 0.3 is 0 Å². The highest BCUT2D eigenvalue weighted by Gasteiger charge is 2.18. The van der Waals surface area contributed by atoms with Gasteiger partial charge in [0.25, 0.3) is 0 Å². The minimum absolute atomic E-state index is 0.213. The summed E-state index contributed by atoms with van der Waals surface area (Å²) in [6.45, 7) is 7.74. The van der Waals surface area contributed by atoms with E-state index in [9.17, 15) is 4.79 Å². The first-order chi connectivity index (χ1) is 9.24. The molecule has 2 aliphatic rings. The third-order valence-electron chi connectivity index (χ3n) is 4.26. The topological polar surface area (TPSA) is 44.4 Å². The van der Waals surface area contributed by atoms with Crippen LogP contribution in [0.3, 0.4) is 0 Å². The molecule has 1 amide bonds. The number of nitrogens with one attached hydrogen (secondary N) is 2. The maximum atomic E-state index is 11.8. The predicted octanol–water partition coefficient (Wildman–Crippen LogP) is 1.37. The Morgan fingerprint density at radius 2 is 2.11 bits per heavy atom. The molecule has 0 saturated carbocycles. The van der Waals surface area contributed by atoms with Crippen molar-refractivity contribution in [2.75, 3.05) is 32.7 Å². The van der Waals surface area contributed by atoms with Gasteiger partial charge in [0.05, 0.1) is 0 Å². The van der Waals surface area contributed by atoms with E-state index in [0.29, 0.717) is 18.4 Å². The van der Waals surface area contributed by atoms with Crippen molar-refractivity contribution < 1.29 is 4.79 Å². The Balaban J connectivity index is 1.56. The summed E-state index contributed by atoms with van der Waals surface area (Å²) >= 11 is 0. The number of rotatable bonds is 6. The van der Waals surface area contributed by atoms with E-state index in [0.717, 1.165) is 26.1 Å². The van der Waals surface area contributed by atoms with Gasteiger partial charge in [0.2, 0.25) is 5.91 Å². The van der Waals surface area contributed by atoms with Crippen molar-refractivity contribution in [3.05, 3.63) is 0 Å². The fourth-order valence-electron chi connectivity index (χ4n) is 3.16. The highest BCUT2D eigenvalue weighted by Crippen LogP contribution is 2.11. The first-order valence-corrected chi connectivity index (χ1v) is 7.96. The van der Waals surface area contributed by atoms with Gasteiger partial charge in [-0.1, -0.05) is 13.3 Å². The lowest BCUT2D eigenvalue weighted by atomic mass is 10.1. The van der Waals surface area contributed by atoms with Crippen molar-refractivity contribution in [2.45, 2.75) is 51.5 Å². The fraction of sp³-hybridized carbons (Fsp3) is 0.933. The van der Waals surface area contributed by atoms with E-state index in [1.165, 1.54) is 38.8 Å². The molecule has 0 radical (unpaired) electrons. The molecule has 110 valence electrons. The van der Waals surface area contributed by atoms with Crippen molar-refractivity contribution in [1.82, 2.24) is 15.5 Å². The van der Waals surface area contributed by atoms with Crippen LogP contribution in [0, 0.1) is 5.92 Å². The number of carbonyl (C=O) groups is 1. The second-order valence-corrected chi connectivity index (χ2v) is 6.27. The zero-order valence-electron chi connectivity index (χ0n) is 12.3. The molecule has 0 spiro atoms. The first-order valence-electron chi connectivity index (χ1n) is 7.96. The molecule has 4 nitrogen and oxygen atoms in total. The van der Waals surface area contributed by atoms with Crippen molar-refractivity contribution in [3.63, 3.8) is 0 Å². The third-order valence-corrected chi connectivity index (χ3v) is 4.26. The van der Waals surface area contributed by atoms with E-state index >= 15 is 0 Å². The molecule has 0 aliphatic carbocycles. The number of amides is 1. The van der Waals surface area contributed by atoms with Gasteiger partial charge in [-0.3, -0.25) is 4.79 Å². The predicted molar refractivity (Wildman–Crippen MR) is 78.1 cm³/mol. The van der Waals surface area contributed by atoms with E-state index in [1.807, 2.05) is 0 Å². The summed E-state index contributed by atoms with van der Waals surface area (Å²) in [4.78, 5) is 14.4. The van der Waals surface area contributed by atoms with Crippen LogP contribution in [0.2, 0.25) is 0 Å². The van der Waals surface area contributed by atoms with Crippen LogP contribution in [0.4, 0.5) is 0 Å². The lowest BCUT2D eigenvalue weighted by Gasteiger charge is -2.29. The van der Waals surface area contributed by atoms with Crippen LogP contribution in [0.5, 0.6) is 0 Å². The van der Waals surface area contributed by atoms with Crippen LogP contribution in [0.25, 0.3) is 0 Å². The number of carbonyl (C=O) groups excluding carboxylic acids is 1. The molecule has 4 heteroatoms. The maximum Gasteiger partial charge on any atom is 0.221 e. The SMILES string of the molecule is CC(CNC(=O)CC1CCCN1)CN1CCCCC1. The molecule has 2 N–H and O–H groups in total. The van der Waals surface area contributed by atoms with E-state index in [4.69, 9.17) is 0 Å². The molecule has 2 heterocycles. The molecule has 0 aromatic carbocycles. The maximum absolute atomic E-state index is 11.8. The highest BCUT2D eigenvalue weighted by molar-refractivity contribution is 5.76. The van der Waals surface area contributed by atoms with Crippen LogP contribution in [0.15, 0.2) is 0 Å². The van der Waals surface area contributed by atoms with Crippen molar-refractivity contribution in [2.24, 2.45) is 5.92 Å². The van der Waals surface area contributed by atoms with E-state index in [1.54, 1.807) is 0 Å². The summed E-state index contributed by atoms with van der Waals surface area (Å²) in [6.07, 6.45) is 7.07. The van der Waals surface area contributed by atoms with Gasteiger partial charge in [0.1, 0.15) is 0 Å². The molecule has 0 bridgehead atoms. The zero-order chi connectivity index (χ0) is 13.5. The Hall–Kier alpha value is -0.610. The molecule has 0 aromatic rings. The van der Waals surface area contributed by atoms with Gasteiger partial charge in [0, 0.05) is 25.6 Å². The minimum atomic E-state index is 0.213. The van der Waals surface area contributed by atoms with Gasteiger partial charge in [-0.25, -0.2) is 0 Å². The molecular formula is C15H29N3O. The molecule has 0 aromatic heterocycles. The number of likely N-dealkylation sites (tertiary alicyclic amines) is 1. The van der Waals surface area contributed by atoms with Gasteiger partial charge < -0.3 is 15.5 Å². The van der Waals surface area contributed by atoms with Crippen molar-refractivity contribution >= 4 is 5.91 Å². The average molecular weight is 267 g/mol. The van der Waals surface area contributed by atoms with Crippen LogP contribution < -0.4 is 10.6 Å².